The summed E-state index contributed by atoms with van der Waals surface area (Å²) in [5, 5.41) is 24.1. The maximum absolute atomic E-state index is 9.72. The van der Waals surface area contributed by atoms with Crippen LogP contribution >= 0.6 is 0 Å². The molecule has 0 rings (SSSR count). The van der Waals surface area contributed by atoms with Crippen LogP contribution in [-0.2, 0) is 9.59 Å². The smallest absolute Gasteiger partial charge is 0.333 e. The number of aliphatic hydroxyl groups excluding tert-OH is 1. The molecule has 52 valence electrons. The SMILES string of the molecule is O=C(O)CC(O)[13C](=O)O. The molecule has 1 unspecified atom stereocenters. The van der Waals surface area contributed by atoms with Crippen LogP contribution in [-0.4, -0.2) is 33.4 Å². The summed E-state index contributed by atoms with van der Waals surface area (Å²) in [5.41, 5.74) is 0. The van der Waals surface area contributed by atoms with E-state index < -0.39 is 24.5 Å². The molecule has 0 fully saturated rings. The van der Waals surface area contributed by atoms with Crippen molar-refractivity contribution in [3.05, 3.63) is 0 Å². The van der Waals surface area contributed by atoms with Crippen molar-refractivity contribution >= 4 is 11.9 Å². The van der Waals surface area contributed by atoms with Gasteiger partial charge in [0.05, 0.1) is 6.42 Å². The van der Waals surface area contributed by atoms with E-state index in [1.54, 1.807) is 0 Å². The molecule has 0 heterocycles. The van der Waals surface area contributed by atoms with Gasteiger partial charge < -0.3 is 15.3 Å². The minimum absolute atomic E-state index is 0.755. The molecule has 0 aromatic rings. The van der Waals surface area contributed by atoms with E-state index in [-0.39, 0.29) is 0 Å². The lowest BCUT2D eigenvalue weighted by Crippen LogP contribution is -2.22. The quantitative estimate of drug-likeness (QED) is 0.427. The summed E-state index contributed by atoms with van der Waals surface area (Å²) < 4.78 is 0. The van der Waals surface area contributed by atoms with Gasteiger partial charge in [0.25, 0.3) is 0 Å². The summed E-state index contributed by atoms with van der Waals surface area (Å²) in [4.78, 5) is 19.4. The number of carbonyl (C=O) groups is 2. The molecule has 0 aliphatic carbocycles. The minimum Gasteiger partial charge on any atom is -0.481 e. The summed E-state index contributed by atoms with van der Waals surface area (Å²) in [5.74, 6) is -2.85. The monoisotopic (exact) mass is 135 g/mol. The summed E-state index contributed by atoms with van der Waals surface area (Å²) in [6.07, 6.45) is -2.54. The first kappa shape index (κ1) is 7.90. The molecule has 0 bridgehead atoms. The summed E-state index contributed by atoms with van der Waals surface area (Å²) in [6.45, 7) is 0. The first-order valence-corrected chi connectivity index (χ1v) is 2.16. The van der Waals surface area contributed by atoms with Crippen molar-refractivity contribution in [1.82, 2.24) is 0 Å². The van der Waals surface area contributed by atoms with Crippen LogP contribution in [0.25, 0.3) is 0 Å². The zero-order chi connectivity index (χ0) is 7.44. The van der Waals surface area contributed by atoms with Gasteiger partial charge in [0.15, 0.2) is 6.10 Å². The summed E-state index contributed by atoms with van der Waals surface area (Å²) >= 11 is 0. The predicted octanol–water partition coefficient (Wildman–Crippen LogP) is -1.09. The van der Waals surface area contributed by atoms with Crippen molar-refractivity contribution in [2.75, 3.05) is 0 Å². The minimum atomic E-state index is -1.79. The van der Waals surface area contributed by atoms with E-state index >= 15 is 0 Å². The summed E-state index contributed by atoms with van der Waals surface area (Å²) in [6, 6.07) is 0. The van der Waals surface area contributed by atoms with Crippen LogP contribution in [0, 0.1) is 0 Å². The maximum atomic E-state index is 9.72. The van der Waals surface area contributed by atoms with Gasteiger partial charge in [-0.2, -0.15) is 0 Å². The fourth-order valence-electron chi connectivity index (χ4n) is 0.253. The molecule has 9 heavy (non-hydrogen) atoms. The number of aliphatic carboxylic acids is 2. The first-order valence-electron chi connectivity index (χ1n) is 2.16. The van der Waals surface area contributed by atoms with Gasteiger partial charge in [0, 0.05) is 0 Å². The molecule has 0 aliphatic heterocycles. The molecule has 0 saturated carbocycles. The van der Waals surface area contributed by atoms with Crippen molar-refractivity contribution in [2.24, 2.45) is 0 Å². The largest absolute Gasteiger partial charge is 0.481 e. The van der Waals surface area contributed by atoms with E-state index in [0.717, 1.165) is 0 Å². The third-order valence-corrected chi connectivity index (χ3v) is 0.653. The molecule has 5 nitrogen and oxygen atoms in total. The molecular formula is C4H6O5. The predicted molar refractivity (Wildman–Crippen MR) is 25.9 cm³/mol. The van der Waals surface area contributed by atoms with Crippen molar-refractivity contribution in [1.29, 1.82) is 0 Å². The van der Waals surface area contributed by atoms with E-state index in [9.17, 15) is 9.59 Å². The molecule has 0 spiro atoms. The van der Waals surface area contributed by atoms with Crippen LogP contribution in [0.3, 0.4) is 0 Å². The standard InChI is InChI=1S/C4H6O5/c5-2(4(8)9)1-3(6)7/h2,5H,1H2,(H,6,7)(H,8,9)/i4+1. The number of aliphatic hydroxyl groups is 1. The van der Waals surface area contributed by atoms with Crippen LogP contribution < -0.4 is 0 Å². The summed E-state index contributed by atoms with van der Waals surface area (Å²) in [7, 11) is 0. The van der Waals surface area contributed by atoms with Crippen LogP contribution in [0.4, 0.5) is 0 Å². The topological polar surface area (TPSA) is 94.8 Å². The molecule has 0 amide bonds. The van der Waals surface area contributed by atoms with Gasteiger partial charge in [0.2, 0.25) is 0 Å². The number of hydrogen-bond acceptors (Lipinski definition) is 3. The highest BCUT2D eigenvalue weighted by molar-refractivity contribution is 5.79. The fourth-order valence-corrected chi connectivity index (χ4v) is 0.253. The van der Waals surface area contributed by atoms with Gasteiger partial charge in [-0.05, 0) is 0 Å². The van der Waals surface area contributed by atoms with E-state index in [2.05, 4.69) is 0 Å². The second-order valence-corrected chi connectivity index (χ2v) is 1.45. The van der Waals surface area contributed by atoms with Gasteiger partial charge >= 0.3 is 11.9 Å². The Morgan fingerprint density at radius 2 is 1.78 bits per heavy atom. The van der Waals surface area contributed by atoms with Crippen LogP contribution in [0.2, 0.25) is 0 Å². The van der Waals surface area contributed by atoms with Crippen LogP contribution in [0.1, 0.15) is 6.42 Å². The molecule has 0 aromatic heterocycles. The van der Waals surface area contributed by atoms with E-state index in [0.29, 0.717) is 0 Å². The third kappa shape index (κ3) is 3.48. The second kappa shape index (κ2) is 3.03. The second-order valence-electron chi connectivity index (χ2n) is 1.45. The lowest BCUT2D eigenvalue weighted by atomic mass is 10.4. The molecule has 0 radical (unpaired) electrons. The highest BCUT2D eigenvalue weighted by atomic mass is 16.5. The highest BCUT2D eigenvalue weighted by Gasteiger charge is 2.16. The van der Waals surface area contributed by atoms with Crippen molar-refractivity contribution in [3.8, 4) is 0 Å². The van der Waals surface area contributed by atoms with Crippen molar-refractivity contribution in [3.63, 3.8) is 0 Å². The van der Waals surface area contributed by atoms with Crippen molar-refractivity contribution < 1.29 is 24.9 Å². The third-order valence-electron chi connectivity index (χ3n) is 0.653. The number of rotatable bonds is 3. The number of carboxylic acid groups (broad SMARTS) is 2. The Kier molecular flexibility index (Phi) is 2.66. The fraction of sp³-hybridized carbons (Fsp3) is 0.500. The Bertz CT molecular complexity index is 129. The van der Waals surface area contributed by atoms with Gasteiger partial charge in [-0.25, -0.2) is 4.79 Å². The van der Waals surface area contributed by atoms with Gasteiger partial charge in [-0.1, -0.05) is 0 Å². The molecule has 3 N–H and O–H groups in total. The molecule has 0 saturated heterocycles. The molecule has 1 atom stereocenters. The average Bonchev–Trinajstić information content (AvgIpc) is 1.63. The van der Waals surface area contributed by atoms with Gasteiger partial charge in [-0.15, -0.1) is 0 Å². The Morgan fingerprint density at radius 1 is 1.33 bits per heavy atom. The maximum Gasteiger partial charge on any atom is 0.333 e. The molecule has 0 aromatic carbocycles. The van der Waals surface area contributed by atoms with Crippen molar-refractivity contribution in [2.45, 2.75) is 12.5 Å². The van der Waals surface area contributed by atoms with Gasteiger partial charge in [0.1, 0.15) is 0 Å². The Labute approximate surface area is 50.5 Å². The van der Waals surface area contributed by atoms with Crippen LogP contribution in [0.15, 0.2) is 0 Å². The Balaban J connectivity index is 3.63. The zero-order valence-corrected chi connectivity index (χ0v) is 4.44. The normalized spacial score (nSPS) is 12.6. The molecule has 0 aliphatic rings. The Morgan fingerprint density at radius 3 is 1.89 bits per heavy atom. The van der Waals surface area contributed by atoms with Gasteiger partial charge in [-0.3, -0.25) is 4.79 Å². The van der Waals surface area contributed by atoms with Crippen LogP contribution in [0.5, 0.6) is 0 Å². The lowest BCUT2D eigenvalue weighted by Gasteiger charge is -1.97. The Hall–Kier alpha value is -1.10. The molecular weight excluding hydrogens is 129 g/mol. The zero-order valence-electron chi connectivity index (χ0n) is 4.44. The van der Waals surface area contributed by atoms with E-state index in [4.69, 9.17) is 15.3 Å². The molecule has 5 heteroatoms. The lowest BCUT2D eigenvalue weighted by molar-refractivity contribution is -0.152. The number of carboxylic acids is 2. The first-order chi connectivity index (χ1) is 4.04. The average molecular weight is 135 g/mol. The number of hydrogen-bond donors (Lipinski definition) is 3. The highest BCUT2D eigenvalue weighted by Crippen LogP contribution is 1.89. The van der Waals surface area contributed by atoms with E-state index in [1.165, 1.54) is 0 Å². The van der Waals surface area contributed by atoms with E-state index in [1.807, 2.05) is 0 Å².